The number of rotatable bonds is 6. The highest BCUT2D eigenvalue weighted by molar-refractivity contribution is 5.81. The molecule has 1 aromatic carbocycles. The molecular formula is C18H22N2O4. The molecule has 1 aliphatic heterocycles. The third-order valence-electron chi connectivity index (χ3n) is 4.26. The van der Waals surface area contributed by atoms with Gasteiger partial charge in [-0.25, -0.2) is 0 Å². The molecule has 1 heterocycles. The molecule has 6 nitrogen and oxygen atoms in total. The number of nitrogens with zero attached hydrogens (tertiary/aromatic N) is 2. The Balaban J connectivity index is 1.94. The van der Waals surface area contributed by atoms with Crippen LogP contribution in [0, 0.1) is 17.2 Å². The molecule has 128 valence electrons. The van der Waals surface area contributed by atoms with Crippen molar-refractivity contribution in [3.05, 3.63) is 29.8 Å². The number of piperidine rings is 1. The lowest BCUT2D eigenvalue weighted by Gasteiger charge is -2.34. The fourth-order valence-corrected chi connectivity index (χ4v) is 2.99. The summed E-state index contributed by atoms with van der Waals surface area (Å²) >= 11 is 0. The van der Waals surface area contributed by atoms with Gasteiger partial charge in [0, 0.05) is 19.5 Å². The number of benzene rings is 1. The standard InChI is InChI=1S/C18H22N2O4/c1-13(24-16-7-3-2-6-15(16)11-19)18(23)20-10-4-5-14(12-20)8-9-17(21)22/h2-3,6-7,13-14H,4-5,8-10,12H2,1H3,(H,21,22)/t13-,14+/m0/s1. The van der Waals surface area contributed by atoms with Crippen LogP contribution in [-0.4, -0.2) is 41.1 Å². The van der Waals surface area contributed by atoms with Crippen LogP contribution in [0.3, 0.4) is 0 Å². The second kappa shape index (κ2) is 8.34. The predicted octanol–water partition coefficient (Wildman–Crippen LogP) is 2.43. The Morgan fingerprint density at radius 3 is 2.92 bits per heavy atom. The maximum absolute atomic E-state index is 12.6. The average molecular weight is 330 g/mol. The van der Waals surface area contributed by atoms with E-state index < -0.39 is 12.1 Å². The highest BCUT2D eigenvalue weighted by atomic mass is 16.5. The van der Waals surface area contributed by atoms with Crippen LogP contribution in [0.15, 0.2) is 24.3 Å². The SMILES string of the molecule is C[C@H](Oc1ccccc1C#N)C(=O)N1CCC[C@H](CCC(=O)O)C1. The van der Waals surface area contributed by atoms with Crippen LogP contribution in [0.2, 0.25) is 0 Å². The zero-order chi connectivity index (χ0) is 17.5. The average Bonchev–Trinajstić information content (AvgIpc) is 2.60. The molecular weight excluding hydrogens is 308 g/mol. The van der Waals surface area contributed by atoms with Crippen LogP contribution in [0.1, 0.15) is 38.2 Å². The zero-order valence-corrected chi connectivity index (χ0v) is 13.8. The van der Waals surface area contributed by atoms with Gasteiger partial charge in [0.05, 0.1) is 5.56 Å². The van der Waals surface area contributed by atoms with Crippen molar-refractivity contribution in [2.24, 2.45) is 5.92 Å². The zero-order valence-electron chi connectivity index (χ0n) is 13.8. The van der Waals surface area contributed by atoms with E-state index in [-0.39, 0.29) is 18.2 Å². The maximum Gasteiger partial charge on any atom is 0.303 e. The van der Waals surface area contributed by atoms with E-state index >= 15 is 0 Å². The van der Waals surface area contributed by atoms with E-state index in [1.54, 1.807) is 36.1 Å². The molecule has 24 heavy (non-hydrogen) atoms. The minimum atomic E-state index is -0.803. The lowest BCUT2D eigenvalue weighted by atomic mass is 9.93. The van der Waals surface area contributed by atoms with Gasteiger partial charge in [0.1, 0.15) is 11.8 Å². The van der Waals surface area contributed by atoms with Crippen LogP contribution in [0.4, 0.5) is 0 Å². The first kappa shape index (κ1) is 17.8. The number of carbonyl (C=O) groups excluding carboxylic acids is 1. The van der Waals surface area contributed by atoms with Gasteiger partial charge in [-0.3, -0.25) is 9.59 Å². The normalized spacial score (nSPS) is 18.5. The fraction of sp³-hybridized carbons (Fsp3) is 0.500. The fourth-order valence-electron chi connectivity index (χ4n) is 2.99. The largest absolute Gasteiger partial charge is 0.481 e. The molecule has 0 spiro atoms. The van der Waals surface area contributed by atoms with Crippen molar-refractivity contribution in [1.29, 1.82) is 5.26 Å². The van der Waals surface area contributed by atoms with Gasteiger partial charge in [0.15, 0.2) is 6.10 Å². The summed E-state index contributed by atoms with van der Waals surface area (Å²) in [5, 5.41) is 17.9. The van der Waals surface area contributed by atoms with Crippen LogP contribution < -0.4 is 4.74 Å². The lowest BCUT2D eigenvalue weighted by Crippen LogP contribution is -2.45. The molecule has 1 amide bonds. The summed E-state index contributed by atoms with van der Waals surface area (Å²) in [5.41, 5.74) is 0.398. The van der Waals surface area contributed by atoms with Crippen molar-refractivity contribution in [3.8, 4) is 11.8 Å². The number of hydrogen-bond acceptors (Lipinski definition) is 4. The molecule has 0 saturated carbocycles. The van der Waals surface area contributed by atoms with Crippen molar-refractivity contribution in [2.75, 3.05) is 13.1 Å². The van der Waals surface area contributed by atoms with Gasteiger partial charge in [-0.15, -0.1) is 0 Å². The number of hydrogen-bond donors (Lipinski definition) is 1. The summed E-state index contributed by atoms with van der Waals surface area (Å²) in [6.45, 7) is 2.91. The third kappa shape index (κ3) is 4.72. The van der Waals surface area contributed by atoms with E-state index in [4.69, 9.17) is 15.1 Å². The van der Waals surface area contributed by atoms with Gasteiger partial charge in [0.25, 0.3) is 5.91 Å². The molecule has 0 aromatic heterocycles. The number of nitriles is 1. The number of amides is 1. The molecule has 2 atom stereocenters. The van der Waals surface area contributed by atoms with Gasteiger partial charge in [-0.05, 0) is 44.2 Å². The molecule has 1 saturated heterocycles. The second-order valence-corrected chi connectivity index (χ2v) is 6.09. The van der Waals surface area contributed by atoms with Crippen LogP contribution in [0.5, 0.6) is 5.75 Å². The highest BCUT2D eigenvalue weighted by Gasteiger charge is 2.28. The van der Waals surface area contributed by atoms with Crippen LogP contribution >= 0.6 is 0 Å². The summed E-state index contributed by atoms with van der Waals surface area (Å²) in [6, 6.07) is 8.88. The van der Waals surface area contributed by atoms with E-state index in [1.807, 2.05) is 6.07 Å². The van der Waals surface area contributed by atoms with E-state index in [0.717, 1.165) is 12.8 Å². The van der Waals surface area contributed by atoms with Crippen molar-refractivity contribution >= 4 is 11.9 Å². The van der Waals surface area contributed by atoms with Gasteiger partial charge < -0.3 is 14.7 Å². The Bertz CT molecular complexity index is 638. The molecule has 0 radical (unpaired) electrons. The molecule has 1 N–H and O–H groups in total. The van der Waals surface area contributed by atoms with Crippen LogP contribution in [0.25, 0.3) is 0 Å². The molecule has 0 aliphatic carbocycles. The van der Waals surface area contributed by atoms with Gasteiger partial charge in [0.2, 0.25) is 0 Å². The molecule has 1 aliphatic rings. The smallest absolute Gasteiger partial charge is 0.303 e. The summed E-state index contributed by atoms with van der Waals surface area (Å²) in [7, 11) is 0. The Labute approximate surface area is 141 Å². The Kier molecular flexibility index (Phi) is 6.19. The van der Waals surface area contributed by atoms with E-state index in [0.29, 0.717) is 30.8 Å². The van der Waals surface area contributed by atoms with Crippen molar-refractivity contribution < 1.29 is 19.4 Å². The number of carboxylic acids is 1. The summed E-state index contributed by atoms with van der Waals surface area (Å²) in [5.74, 6) is -0.302. The minimum Gasteiger partial charge on any atom is -0.481 e. The number of carboxylic acid groups (broad SMARTS) is 1. The minimum absolute atomic E-state index is 0.122. The van der Waals surface area contributed by atoms with Crippen molar-refractivity contribution in [2.45, 2.75) is 38.7 Å². The van der Waals surface area contributed by atoms with Crippen molar-refractivity contribution in [3.63, 3.8) is 0 Å². The monoisotopic (exact) mass is 330 g/mol. The Morgan fingerprint density at radius 2 is 2.21 bits per heavy atom. The number of ether oxygens (including phenoxy) is 1. The van der Waals surface area contributed by atoms with Gasteiger partial charge in [-0.1, -0.05) is 12.1 Å². The quantitative estimate of drug-likeness (QED) is 0.865. The van der Waals surface area contributed by atoms with E-state index in [2.05, 4.69) is 0 Å². The van der Waals surface area contributed by atoms with E-state index in [9.17, 15) is 9.59 Å². The third-order valence-corrected chi connectivity index (χ3v) is 4.26. The Hall–Kier alpha value is -2.55. The molecule has 1 aromatic rings. The topological polar surface area (TPSA) is 90.6 Å². The van der Waals surface area contributed by atoms with E-state index in [1.165, 1.54) is 0 Å². The summed E-state index contributed by atoms with van der Waals surface area (Å²) in [4.78, 5) is 25.0. The molecule has 6 heteroatoms. The first-order valence-corrected chi connectivity index (χ1v) is 8.17. The first-order valence-electron chi connectivity index (χ1n) is 8.17. The van der Waals surface area contributed by atoms with Crippen LogP contribution in [-0.2, 0) is 9.59 Å². The number of likely N-dealkylation sites (tertiary alicyclic amines) is 1. The maximum atomic E-state index is 12.6. The van der Waals surface area contributed by atoms with Crippen molar-refractivity contribution in [1.82, 2.24) is 4.90 Å². The predicted molar refractivity (Wildman–Crippen MR) is 87.4 cm³/mol. The molecule has 0 bridgehead atoms. The lowest BCUT2D eigenvalue weighted by molar-refractivity contribution is -0.140. The summed E-state index contributed by atoms with van der Waals surface area (Å²) < 4.78 is 5.68. The molecule has 2 rings (SSSR count). The summed E-state index contributed by atoms with van der Waals surface area (Å²) in [6.07, 6.45) is 1.86. The first-order chi connectivity index (χ1) is 11.5. The Morgan fingerprint density at radius 1 is 1.46 bits per heavy atom. The number of aliphatic carboxylic acids is 1. The molecule has 0 unspecified atom stereocenters. The highest BCUT2D eigenvalue weighted by Crippen LogP contribution is 2.23. The second-order valence-electron chi connectivity index (χ2n) is 6.09. The van der Waals surface area contributed by atoms with Gasteiger partial charge in [-0.2, -0.15) is 5.26 Å². The van der Waals surface area contributed by atoms with Gasteiger partial charge >= 0.3 is 5.97 Å². The molecule has 1 fully saturated rings. The number of carbonyl (C=O) groups is 2. The number of para-hydroxylation sites is 1.